The van der Waals surface area contributed by atoms with Crippen LogP contribution in [-0.4, -0.2) is 67.1 Å². The van der Waals surface area contributed by atoms with Crippen LogP contribution in [0.4, 0.5) is 0 Å². The zero-order valence-corrected chi connectivity index (χ0v) is 23.6. The smallest absolute Gasteiger partial charge is 0.252 e. The number of nitrogens with one attached hydrogen (secondary N) is 1. The van der Waals surface area contributed by atoms with Gasteiger partial charge in [0.25, 0.3) is 11.8 Å². The summed E-state index contributed by atoms with van der Waals surface area (Å²) in [6.07, 6.45) is 2.49. The Bertz CT molecular complexity index is 1650. The first-order valence-electron chi connectivity index (χ1n) is 14.7. The van der Waals surface area contributed by atoms with Crippen LogP contribution < -0.4 is 10.1 Å². The molecule has 4 atom stereocenters. The number of hydrogen-bond acceptors (Lipinski definition) is 9. The van der Waals surface area contributed by atoms with Crippen molar-refractivity contribution in [1.29, 1.82) is 0 Å². The lowest BCUT2D eigenvalue weighted by Gasteiger charge is -2.62. The first kappa shape index (κ1) is 25.8. The molecule has 2 aliphatic heterocycles. The van der Waals surface area contributed by atoms with Crippen LogP contribution in [0.2, 0.25) is 0 Å². The van der Waals surface area contributed by atoms with E-state index >= 15 is 0 Å². The molecule has 4 N–H and O–H groups in total. The molecule has 0 unspecified atom stereocenters. The minimum Gasteiger partial charge on any atom is -0.508 e. The summed E-state index contributed by atoms with van der Waals surface area (Å²) in [5.41, 5.74) is -0.757. The molecule has 2 aromatic carbocycles. The molecule has 2 fully saturated rings. The predicted octanol–water partition coefficient (Wildman–Crippen LogP) is 3.48. The van der Waals surface area contributed by atoms with Gasteiger partial charge in [0.15, 0.2) is 17.6 Å². The average molecular weight is 571 g/mol. The van der Waals surface area contributed by atoms with E-state index in [1.54, 1.807) is 19.9 Å². The molecule has 42 heavy (non-hydrogen) atoms. The van der Waals surface area contributed by atoms with E-state index in [0.717, 1.165) is 29.8 Å². The van der Waals surface area contributed by atoms with E-state index in [2.05, 4.69) is 20.4 Å². The van der Waals surface area contributed by atoms with Gasteiger partial charge in [0.2, 0.25) is 5.82 Å². The Kier molecular flexibility index (Phi) is 5.27. The number of carbonyl (C=O) groups is 1. The molecule has 1 amide bonds. The van der Waals surface area contributed by atoms with Crippen molar-refractivity contribution < 1.29 is 29.4 Å². The first-order chi connectivity index (χ1) is 20.1. The number of aliphatic hydroxyl groups is 2. The third-order valence-electron chi connectivity index (χ3n) is 10.2. The maximum Gasteiger partial charge on any atom is 0.252 e. The number of carbonyl (C=O) groups excluding carboxylic acids is 1. The fourth-order valence-corrected chi connectivity index (χ4v) is 7.96. The van der Waals surface area contributed by atoms with Gasteiger partial charge in [-0.1, -0.05) is 41.6 Å². The number of rotatable bonds is 6. The maximum absolute atomic E-state index is 14.0. The molecule has 5 aliphatic rings. The Morgan fingerprint density at radius 2 is 1.95 bits per heavy atom. The number of likely N-dealkylation sites (tertiary alicyclic amines) is 1. The van der Waals surface area contributed by atoms with Crippen molar-refractivity contribution >= 4 is 5.91 Å². The number of aromatic hydroxyl groups is 1. The molecule has 1 spiro atoms. The summed E-state index contributed by atoms with van der Waals surface area (Å²) in [7, 11) is 0. The highest BCUT2D eigenvalue weighted by atomic mass is 16.5. The molecule has 10 heteroatoms. The van der Waals surface area contributed by atoms with Crippen LogP contribution in [0.25, 0.3) is 11.4 Å². The molecular formula is C32H34N4O6. The summed E-state index contributed by atoms with van der Waals surface area (Å²) in [5.74, 6) is 0.777. The van der Waals surface area contributed by atoms with E-state index in [1.165, 1.54) is 12.8 Å². The van der Waals surface area contributed by atoms with E-state index in [4.69, 9.17) is 9.26 Å². The molecule has 218 valence electrons. The summed E-state index contributed by atoms with van der Waals surface area (Å²) in [4.78, 5) is 20.9. The molecule has 3 aliphatic carbocycles. The van der Waals surface area contributed by atoms with Crippen molar-refractivity contribution in [3.05, 3.63) is 70.8 Å². The normalized spacial score (nSPS) is 29.7. The molecule has 3 heterocycles. The van der Waals surface area contributed by atoms with Crippen molar-refractivity contribution in [3.8, 4) is 22.9 Å². The highest BCUT2D eigenvalue weighted by molar-refractivity contribution is 5.95. The molecule has 8 rings (SSSR count). The summed E-state index contributed by atoms with van der Waals surface area (Å²) >= 11 is 0. The number of aliphatic hydroxyl groups excluding tert-OH is 1. The van der Waals surface area contributed by atoms with E-state index in [1.807, 2.05) is 36.4 Å². The van der Waals surface area contributed by atoms with Crippen LogP contribution in [0.15, 0.2) is 58.3 Å². The summed E-state index contributed by atoms with van der Waals surface area (Å²) < 4.78 is 11.9. The summed E-state index contributed by atoms with van der Waals surface area (Å²) in [6, 6.07) is 12.7. The first-order valence-corrected chi connectivity index (χ1v) is 14.7. The zero-order valence-electron chi connectivity index (χ0n) is 23.6. The molecule has 10 nitrogen and oxygen atoms in total. The summed E-state index contributed by atoms with van der Waals surface area (Å²) in [5, 5.41) is 42.4. The van der Waals surface area contributed by atoms with Gasteiger partial charge in [0.05, 0.1) is 16.6 Å². The van der Waals surface area contributed by atoms with Crippen molar-refractivity contribution in [3.63, 3.8) is 0 Å². The zero-order chi connectivity index (χ0) is 29.0. The van der Waals surface area contributed by atoms with Crippen molar-refractivity contribution in [2.24, 2.45) is 5.92 Å². The van der Waals surface area contributed by atoms with Gasteiger partial charge in [-0.05, 0) is 63.6 Å². The highest BCUT2D eigenvalue weighted by Gasteiger charge is 2.73. The van der Waals surface area contributed by atoms with Crippen LogP contribution in [0.1, 0.15) is 56.5 Å². The fraction of sp³-hybridized carbons (Fsp3) is 0.469. The van der Waals surface area contributed by atoms with Gasteiger partial charge in [-0.3, -0.25) is 9.69 Å². The standard InChI is InChI=1S/C32H34N4O6/c1-30(2,29-33-27(35-42-29)18-6-4-3-5-7-18)34-28(39)20-15-32(40)22-14-19-10-11-21(37)25-23(19)31(32,26(41-25)24(20)38)12-13-36(22)16-17-8-9-17/h3-7,10-11,17,22,26,37-38,40H,8-9,12-16H2,1-2H3,(H,34,39)/t22-,26-,31+,32-/m1/s1. The number of aromatic nitrogens is 2. The largest absolute Gasteiger partial charge is 0.508 e. The minimum atomic E-state index is -1.38. The maximum atomic E-state index is 14.0. The van der Waals surface area contributed by atoms with Gasteiger partial charge >= 0.3 is 0 Å². The Morgan fingerprint density at radius 3 is 2.71 bits per heavy atom. The van der Waals surface area contributed by atoms with Crippen LogP contribution in [0, 0.1) is 5.92 Å². The van der Waals surface area contributed by atoms with Crippen molar-refractivity contribution in [1.82, 2.24) is 20.4 Å². The summed E-state index contributed by atoms with van der Waals surface area (Å²) in [6.45, 7) is 5.16. The van der Waals surface area contributed by atoms with Crippen LogP contribution >= 0.6 is 0 Å². The van der Waals surface area contributed by atoms with E-state index in [9.17, 15) is 20.1 Å². The third kappa shape index (κ3) is 3.42. The second kappa shape index (κ2) is 8.58. The van der Waals surface area contributed by atoms with Crippen LogP contribution in [-0.2, 0) is 22.2 Å². The molecule has 1 aromatic heterocycles. The lowest BCUT2D eigenvalue weighted by molar-refractivity contribution is -0.172. The van der Waals surface area contributed by atoms with Crippen molar-refractivity contribution in [2.45, 2.75) is 74.7 Å². The second-order valence-corrected chi connectivity index (χ2v) is 13.2. The van der Waals surface area contributed by atoms with Gasteiger partial charge in [-0.25, -0.2) is 0 Å². The van der Waals surface area contributed by atoms with Crippen LogP contribution in [0.5, 0.6) is 11.5 Å². The highest BCUT2D eigenvalue weighted by Crippen LogP contribution is 2.66. The number of phenols is 1. The Morgan fingerprint density at radius 1 is 1.17 bits per heavy atom. The Labute approximate surface area is 243 Å². The topological polar surface area (TPSA) is 141 Å². The fourth-order valence-electron chi connectivity index (χ4n) is 7.96. The number of benzene rings is 2. The number of amides is 1. The monoisotopic (exact) mass is 570 g/mol. The number of phenolic OH excluding ortho intramolecular Hbond substituents is 1. The van der Waals surface area contributed by atoms with E-state index in [0.29, 0.717) is 30.3 Å². The number of piperidine rings is 1. The predicted molar refractivity (Wildman–Crippen MR) is 151 cm³/mol. The van der Waals surface area contributed by atoms with Crippen LogP contribution in [0.3, 0.4) is 0 Å². The van der Waals surface area contributed by atoms with Gasteiger partial charge in [-0.2, -0.15) is 4.98 Å². The Balaban J connectivity index is 1.17. The van der Waals surface area contributed by atoms with E-state index in [-0.39, 0.29) is 35.4 Å². The molecule has 1 saturated carbocycles. The minimum absolute atomic E-state index is 0.0238. The lowest BCUT2D eigenvalue weighted by atomic mass is 9.49. The quantitative estimate of drug-likeness (QED) is 0.351. The SMILES string of the molecule is CC(C)(NC(=O)C1=C(O)[C@H]2Oc3c(O)ccc4c3[C@@]23CCN(CC2CC2)[C@H](C4)[C@]3(O)C1)c1nc(-c2ccccc2)no1. The number of ether oxygens (including phenoxy) is 1. The van der Waals surface area contributed by atoms with Gasteiger partial charge in [-0.15, -0.1) is 0 Å². The van der Waals surface area contributed by atoms with Gasteiger partial charge < -0.3 is 29.9 Å². The molecule has 2 bridgehead atoms. The molecule has 0 radical (unpaired) electrons. The van der Waals surface area contributed by atoms with Gasteiger partial charge in [0.1, 0.15) is 11.3 Å². The number of nitrogens with zero attached hydrogens (tertiary/aromatic N) is 3. The molecule has 1 saturated heterocycles. The molecule has 3 aromatic rings. The third-order valence-corrected chi connectivity index (χ3v) is 10.2. The second-order valence-electron chi connectivity index (χ2n) is 13.2. The lowest BCUT2D eigenvalue weighted by Crippen LogP contribution is -2.76. The number of hydrogen-bond donors (Lipinski definition) is 4. The van der Waals surface area contributed by atoms with Gasteiger partial charge in [0, 0.05) is 30.1 Å². The Hall–Kier alpha value is -3.89. The van der Waals surface area contributed by atoms with Crippen molar-refractivity contribution in [2.75, 3.05) is 13.1 Å². The average Bonchev–Trinajstić information content (AvgIpc) is 3.48. The molecular weight excluding hydrogens is 536 g/mol. The van der Waals surface area contributed by atoms with E-state index < -0.39 is 28.6 Å².